The third-order valence-electron chi connectivity index (χ3n) is 2.70. The maximum absolute atomic E-state index is 8.57. The Balaban J connectivity index is 2.05. The van der Waals surface area contributed by atoms with Crippen LogP contribution < -0.4 is 10.2 Å². The Morgan fingerprint density at radius 3 is 2.47 bits per heavy atom. The number of nitriles is 1. The van der Waals surface area contributed by atoms with Crippen molar-refractivity contribution in [3.8, 4) is 6.07 Å². The molecule has 1 saturated heterocycles. The molecule has 0 atom stereocenters. The summed E-state index contributed by atoms with van der Waals surface area (Å²) in [5.74, 6) is 0. The first-order valence-electron chi connectivity index (χ1n) is 5.32. The maximum Gasteiger partial charge on any atom is 0.0669 e. The molecular weight excluding hydrogens is 186 g/mol. The molecule has 3 heteroatoms. The van der Waals surface area contributed by atoms with E-state index in [4.69, 9.17) is 5.26 Å². The molecule has 0 radical (unpaired) electrons. The predicted octanol–water partition coefficient (Wildman–Crippen LogP) is 1.16. The fourth-order valence-corrected chi connectivity index (χ4v) is 1.84. The summed E-state index contributed by atoms with van der Waals surface area (Å²) < 4.78 is 0. The molecule has 0 spiro atoms. The van der Waals surface area contributed by atoms with E-state index < -0.39 is 0 Å². The third kappa shape index (κ3) is 2.48. The molecule has 0 aliphatic carbocycles. The van der Waals surface area contributed by atoms with Crippen LogP contribution in [0.5, 0.6) is 0 Å². The van der Waals surface area contributed by atoms with Crippen LogP contribution in [0.4, 0.5) is 5.69 Å². The summed E-state index contributed by atoms with van der Waals surface area (Å²) >= 11 is 0. The second-order valence-electron chi connectivity index (χ2n) is 3.74. The van der Waals surface area contributed by atoms with Crippen LogP contribution in [0.3, 0.4) is 0 Å². The van der Waals surface area contributed by atoms with Gasteiger partial charge in [0.25, 0.3) is 0 Å². The van der Waals surface area contributed by atoms with Gasteiger partial charge in [-0.2, -0.15) is 5.26 Å². The van der Waals surface area contributed by atoms with Crippen LogP contribution in [-0.2, 0) is 6.42 Å². The van der Waals surface area contributed by atoms with Crippen LogP contribution in [0.1, 0.15) is 5.56 Å². The van der Waals surface area contributed by atoms with Crippen molar-refractivity contribution in [1.82, 2.24) is 5.32 Å². The highest BCUT2D eigenvalue weighted by molar-refractivity contribution is 5.48. The van der Waals surface area contributed by atoms with E-state index in [0.29, 0.717) is 6.42 Å². The minimum absolute atomic E-state index is 0.502. The Labute approximate surface area is 90.3 Å². The molecule has 3 nitrogen and oxygen atoms in total. The first-order chi connectivity index (χ1) is 7.40. The molecule has 1 aliphatic rings. The lowest BCUT2D eigenvalue weighted by Crippen LogP contribution is -2.43. The van der Waals surface area contributed by atoms with Gasteiger partial charge in [-0.3, -0.25) is 0 Å². The Kier molecular flexibility index (Phi) is 3.21. The van der Waals surface area contributed by atoms with E-state index in [9.17, 15) is 0 Å². The number of hydrogen-bond donors (Lipinski definition) is 1. The summed E-state index contributed by atoms with van der Waals surface area (Å²) in [5, 5.41) is 11.9. The van der Waals surface area contributed by atoms with Crippen molar-refractivity contribution in [2.75, 3.05) is 31.1 Å². The molecule has 2 rings (SSSR count). The van der Waals surface area contributed by atoms with Crippen molar-refractivity contribution in [2.24, 2.45) is 0 Å². The van der Waals surface area contributed by atoms with Gasteiger partial charge in [0.05, 0.1) is 12.5 Å². The van der Waals surface area contributed by atoms with Crippen LogP contribution in [-0.4, -0.2) is 26.2 Å². The smallest absolute Gasteiger partial charge is 0.0669 e. The fourth-order valence-electron chi connectivity index (χ4n) is 1.84. The normalized spacial score (nSPS) is 16.1. The number of rotatable bonds is 2. The second-order valence-corrected chi connectivity index (χ2v) is 3.74. The van der Waals surface area contributed by atoms with Gasteiger partial charge in [-0.1, -0.05) is 12.1 Å². The maximum atomic E-state index is 8.57. The van der Waals surface area contributed by atoms with E-state index in [-0.39, 0.29) is 0 Å². The summed E-state index contributed by atoms with van der Waals surface area (Å²) in [6, 6.07) is 10.5. The molecule has 1 aromatic carbocycles. The highest BCUT2D eigenvalue weighted by atomic mass is 15.2. The standard InChI is InChI=1S/C12H15N3/c13-6-5-11-1-3-12(4-2-11)15-9-7-14-8-10-15/h1-4,14H,5,7-10H2. The topological polar surface area (TPSA) is 39.1 Å². The first kappa shape index (κ1) is 10.0. The monoisotopic (exact) mass is 201 g/mol. The van der Waals surface area contributed by atoms with Crippen molar-refractivity contribution in [2.45, 2.75) is 6.42 Å². The summed E-state index contributed by atoms with van der Waals surface area (Å²) in [5.41, 5.74) is 2.36. The third-order valence-corrected chi connectivity index (χ3v) is 2.70. The Morgan fingerprint density at radius 2 is 1.87 bits per heavy atom. The predicted molar refractivity (Wildman–Crippen MR) is 60.8 cm³/mol. The number of piperazine rings is 1. The van der Waals surface area contributed by atoms with Gasteiger partial charge in [-0.15, -0.1) is 0 Å². The molecule has 0 saturated carbocycles. The van der Waals surface area contributed by atoms with Crippen molar-refractivity contribution < 1.29 is 0 Å². The van der Waals surface area contributed by atoms with Gasteiger partial charge >= 0.3 is 0 Å². The molecule has 15 heavy (non-hydrogen) atoms. The van der Waals surface area contributed by atoms with Crippen LogP contribution in [0.2, 0.25) is 0 Å². The van der Waals surface area contributed by atoms with E-state index in [1.807, 2.05) is 12.1 Å². The lowest BCUT2D eigenvalue weighted by Gasteiger charge is -2.29. The van der Waals surface area contributed by atoms with Gasteiger partial charge in [0.1, 0.15) is 0 Å². The molecular formula is C12H15N3. The zero-order valence-corrected chi connectivity index (χ0v) is 8.74. The molecule has 78 valence electrons. The van der Waals surface area contributed by atoms with Gasteiger partial charge in [-0.05, 0) is 17.7 Å². The SMILES string of the molecule is N#CCc1ccc(N2CCNCC2)cc1. The zero-order valence-electron chi connectivity index (χ0n) is 8.74. The zero-order chi connectivity index (χ0) is 10.5. The number of anilines is 1. The van der Waals surface area contributed by atoms with Crippen molar-refractivity contribution in [1.29, 1.82) is 5.26 Å². The molecule has 0 bridgehead atoms. The van der Waals surface area contributed by atoms with Gasteiger partial charge in [0.2, 0.25) is 0 Å². The minimum atomic E-state index is 0.502. The van der Waals surface area contributed by atoms with Crippen LogP contribution in [0, 0.1) is 11.3 Å². The minimum Gasteiger partial charge on any atom is -0.369 e. The number of nitrogens with zero attached hydrogens (tertiary/aromatic N) is 2. The fraction of sp³-hybridized carbons (Fsp3) is 0.417. The van der Waals surface area contributed by atoms with Crippen molar-refractivity contribution in [3.63, 3.8) is 0 Å². The second kappa shape index (κ2) is 4.81. The average molecular weight is 201 g/mol. The molecule has 0 amide bonds. The average Bonchev–Trinajstić information content (AvgIpc) is 2.32. The largest absolute Gasteiger partial charge is 0.369 e. The highest BCUT2D eigenvalue weighted by Crippen LogP contribution is 2.15. The molecule has 1 aliphatic heterocycles. The molecule has 1 N–H and O–H groups in total. The molecule has 1 aromatic rings. The Bertz CT molecular complexity index is 344. The van der Waals surface area contributed by atoms with Gasteiger partial charge < -0.3 is 10.2 Å². The Morgan fingerprint density at radius 1 is 1.20 bits per heavy atom. The van der Waals surface area contributed by atoms with Crippen LogP contribution in [0.25, 0.3) is 0 Å². The summed E-state index contributed by atoms with van der Waals surface area (Å²) in [7, 11) is 0. The van der Waals surface area contributed by atoms with E-state index in [1.54, 1.807) is 0 Å². The molecule has 1 heterocycles. The van der Waals surface area contributed by atoms with E-state index in [1.165, 1.54) is 5.69 Å². The van der Waals surface area contributed by atoms with E-state index in [0.717, 1.165) is 31.7 Å². The van der Waals surface area contributed by atoms with E-state index in [2.05, 4.69) is 28.4 Å². The van der Waals surface area contributed by atoms with Gasteiger partial charge in [-0.25, -0.2) is 0 Å². The van der Waals surface area contributed by atoms with Gasteiger partial charge in [0.15, 0.2) is 0 Å². The number of benzene rings is 1. The Hall–Kier alpha value is -1.53. The van der Waals surface area contributed by atoms with Crippen molar-refractivity contribution >= 4 is 5.69 Å². The summed E-state index contributed by atoms with van der Waals surface area (Å²) in [6.45, 7) is 4.25. The van der Waals surface area contributed by atoms with Crippen molar-refractivity contribution in [3.05, 3.63) is 29.8 Å². The highest BCUT2D eigenvalue weighted by Gasteiger charge is 2.09. The summed E-state index contributed by atoms with van der Waals surface area (Å²) in [6.07, 6.45) is 0.502. The molecule has 0 aromatic heterocycles. The quantitative estimate of drug-likeness (QED) is 0.780. The molecule has 0 unspecified atom stereocenters. The lowest BCUT2D eigenvalue weighted by molar-refractivity contribution is 0.589. The first-order valence-corrected chi connectivity index (χ1v) is 5.32. The number of hydrogen-bond acceptors (Lipinski definition) is 3. The van der Waals surface area contributed by atoms with Crippen LogP contribution >= 0.6 is 0 Å². The summed E-state index contributed by atoms with van der Waals surface area (Å²) in [4.78, 5) is 2.37. The van der Waals surface area contributed by atoms with Crippen LogP contribution in [0.15, 0.2) is 24.3 Å². The number of nitrogens with one attached hydrogen (secondary N) is 1. The lowest BCUT2D eigenvalue weighted by atomic mass is 10.1. The molecule has 1 fully saturated rings. The van der Waals surface area contributed by atoms with Gasteiger partial charge in [0, 0.05) is 31.9 Å². The van der Waals surface area contributed by atoms with E-state index >= 15 is 0 Å².